The molecular weight excluding hydrogens is 520 g/mol. The molecule has 204 valence electrons. The monoisotopic (exact) mass is 550 g/mol. The van der Waals surface area contributed by atoms with Gasteiger partial charge in [-0.3, -0.25) is 14.4 Å². The Labute approximate surface area is 229 Å². The number of carbonyl (C=O) groups excluding carboxylic acids is 3. The maximum absolute atomic E-state index is 13.3. The van der Waals surface area contributed by atoms with Gasteiger partial charge in [-0.2, -0.15) is 0 Å². The topological polar surface area (TPSA) is 148 Å². The fourth-order valence-corrected chi connectivity index (χ4v) is 5.38. The third-order valence-electron chi connectivity index (χ3n) is 6.86. The Morgan fingerprint density at radius 1 is 1.05 bits per heavy atom. The highest BCUT2D eigenvalue weighted by molar-refractivity contribution is 7.09. The Balaban J connectivity index is 1.51. The highest BCUT2D eigenvalue weighted by atomic mass is 32.1. The van der Waals surface area contributed by atoms with E-state index in [-0.39, 0.29) is 41.6 Å². The van der Waals surface area contributed by atoms with Crippen molar-refractivity contribution in [1.29, 1.82) is 0 Å². The predicted octanol–water partition coefficient (Wildman–Crippen LogP) is 2.98. The molecule has 2 aliphatic heterocycles. The van der Waals surface area contributed by atoms with Gasteiger partial charge in [-0.1, -0.05) is 50.6 Å². The van der Waals surface area contributed by atoms with Crippen LogP contribution in [0.2, 0.25) is 0 Å². The van der Waals surface area contributed by atoms with E-state index in [1.54, 1.807) is 12.3 Å². The molecule has 0 unspecified atom stereocenters. The van der Waals surface area contributed by atoms with Gasteiger partial charge in [-0.15, -0.1) is 11.3 Å². The predicted molar refractivity (Wildman–Crippen MR) is 143 cm³/mol. The van der Waals surface area contributed by atoms with Crippen molar-refractivity contribution in [2.45, 2.75) is 57.8 Å². The van der Waals surface area contributed by atoms with Crippen molar-refractivity contribution in [3.8, 4) is 0 Å². The van der Waals surface area contributed by atoms with Crippen LogP contribution in [0.5, 0.6) is 0 Å². The minimum Gasteiger partial charge on any atom is -0.477 e. The number of hydrogen-bond donors (Lipinski definition) is 3. The lowest BCUT2D eigenvalue weighted by molar-refractivity contribution is -0.123. The molecule has 2 aromatic heterocycles. The van der Waals surface area contributed by atoms with Gasteiger partial charge in [0.25, 0.3) is 11.8 Å². The van der Waals surface area contributed by atoms with Gasteiger partial charge in [0, 0.05) is 11.8 Å². The number of hydrogen-bond acceptors (Lipinski definition) is 9. The summed E-state index contributed by atoms with van der Waals surface area (Å²) in [5, 5.41) is 11.1. The van der Waals surface area contributed by atoms with Crippen molar-refractivity contribution >= 4 is 35.0 Å². The number of ether oxygens (including phenoxy) is 1. The Morgan fingerprint density at radius 3 is 2.59 bits per heavy atom. The summed E-state index contributed by atoms with van der Waals surface area (Å²) in [6.07, 6.45) is 2.45. The molecule has 6 bridgehead atoms. The van der Waals surface area contributed by atoms with Crippen LogP contribution < -0.4 is 16.0 Å². The van der Waals surface area contributed by atoms with Crippen LogP contribution in [-0.2, 0) is 16.0 Å². The number of nitrogens with one attached hydrogen (secondary N) is 3. The van der Waals surface area contributed by atoms with E-state index in [4.69, 9.17) is 9.15 Å². The van der Waals surface area contributed by atoms with E-state index in [9.17, 15) is 14.4 Å². The van der Waals surface area contributed by atoms with Gasteiger partial charge in [0.2, 0.25) is 17.7 Å². The molecule has 11 nitrogen and oxygen atoms in total. The fourth-order valence-electron chi connectivity index (χ4n) is 4.39. The summed E-state index contributed by atoms with van der Waals surface area (Å²) in [5.74, 6) is -0.702. The van der Waals surface area contributed by atoms with Crippen LogP contribution in [0.15, 0.2) is 51.4 Å². The van der Waals surface area contributed by atoms with Crippen LogP contribution in [0.1, 0.15) is 76.7 Å². The summed E-state index contributed by atoms with van der Waals surface area (Å²) >= 11 is 1.30. The van der Waals surface area contributed by atoms with Gasteiger partial charge in [-0.05, 0) is 18.4 Å². The van der Waals surface area contributed by atoms with Gasteiger partial charge >= 0.3 is 0 Å². The zero-order valence-electron chi connectivity index (χ0n) is 21.8. The van der Waals surface area contributed by atoms with Gasteiger partial charge < -0.3 is 25.1 Å². The molecule has 4 heterocycles. The summed E-state index contributed by atoms with van der Waals surface area (Å²) in [4.78, 5) is 52.8. The first-order valence-corrected chi connectivity index (χ1v) is 13.8. The average Bonchev–Trinajstić information content (AvgIpc) is 3.72. The molecule has 12 heteroatoms. The number of benzene rings is 1. The molecule has 3 N–H and O–H groups in total. The minimum atomic E-state index is -0.809. The van der Waals surface area contributed by atoms with E-state index in [2.05, 4.69) is 30.9 Å². The second-order valence-electron chi connectivity index (χ2n) is 9.72. The lowest BCUT2D eigenvalue weighted by atomic mass is 9.99. The standard InChI is InChI=1S/C27H30N6O5S/c1-4-14(2)21-27-32-20(13-39-27)24(36)29-17(10-16-8-6-5-7-9-16)26-31-18(12-38-26)22(34)28-15(3)25-30-19(11-37-25)23(35)33-21/h5-9,11,13-15,17-18,21H,4,10,12H2,1-3H3,(H,28,34)(H,29,36)(H,33,35)/t14-,15-,17+,18+,21-/m0/s1. The third kappa shape index (κ3) is 5.85. The van der Waals surface area contributed by atoms with Crippen LogP contribution >= 0.6 is 11.3 Å². The molecule has 0 fully saturated rings. The largest absolute Gasteiger partial charge is 0.477 e. The minimum absolute atomic E-state index is 0.0335. The molecule has 0 aliphatic carbocycles. The van der Waals surface area contributed by atoms with Gasteiger partial charge in [0.1, 0.15) is 35.7 Å². The average molecular weight is 551 g/mol. The van der Waals surface area contributed by atoms with E-state index < -0.39 is 36.0 Å². The van der Waals surface area contributed by atoms with Gasteiger partial charge in [0.05, 0.1) is 6.04 Å². The number of carbonyl (C=O) groups is 3. The molecule has 3 aromatic rings. The summed E-state index contributed by atoms with van der Waals surface area (Å²) in [5.41, 5.74) is 1.28. The molecule has 2 aliphatic rings. The number of aromatic nitrogens is 2. The van der Waals surface area contributed by atoms with E-state index in [0.29, 0.717) is 11.4 Å². The van der Waals surface area contributed by atoms with E-state index in [1.165, 1.54) is 17.6 Å². The van der Waals surface area contributed by atoms with E-state index >= 15 is 0 Å². The molecule has 3 amide bonds. The fraction of sp³-hybridized carbons (Fsp3) is 0.407. The molecule has 0 saturated carbocycles. The zero-order valence-corrected chi connectivity index (χ0v) is 22.7. The van der Waals surface area contributed by atoms with Crippen molar-refractivity contribution in [3.63, 3.8) is 0 Å². The zero-order chi connectivity index (χ0) is 27.5. The molecule has 0 spiro atoms. The normalized spacial score (nSPS) is 24.4. The van der Waals surface area contributed by atoms with Gasteiger partial charge in [0.15, 0.2) is 11.7 Å². The van der Waals surface area contributed by atoms with Crippen LogP contribution in [0, 0.1) is 5.92 Å². The van der Waals surface area contributed by atoms with Crippen LogP contribution in [0.3, 0.4) is 0 Å². The quantitative estimate of drug-likeness (QED) is 0.452. The van der Waals surface area contributed by atoms with Crippen molar-refractivity contribution in [2.24, 2.45) is 10.9 Å². The van der Waals surface area contributed by atoms with E-state index in [0.717, 1.165) is 12.0 Å². The second kappa shape index (κ2) is 11.4. The maximum atomic E-state index is 13.3. The van der Waals surface area contributed by atoms with Crippen molar-refractivity contribution in [3.05, 3.63) is 69.8 Å². The molecule has 0 saturated heterocycles. The number of nitrogens with zero attached hydrogens (tertiary/aromatic N) is 3. The first-order valence-electron chi connectivity index (χ1n) is 12.9. The summed E-state index contributed by atoms with van der Waals surface area (Å²) in [6.45, 7) is 5.77. The maximum Gasteiger partial charge on any atom is 0.273 e. The SMILES string of the molecule is CC[C@H](C)[C@@H]1NC(=O)c2coc(n2)[C@H](C)NC(=O)[C@H]2COC(=N2)[C@@H](Cc2ccccc2)NC(=O)c2csc1n2. The Kier molecular flexibility index (Phi) is 7.73. The molecule has 0 radical (unpaired) electrons. The third-order valence-corrected chi connectivity index (χ3v) is 7.79. The molecule has 1 aromatic carbocycles. The lowest BCUT2D eigenvalue weighted by Crippen LogP contribution is -2.43. The summed E-state index contributed by atoms with van der Waals surface area (Å²) in [6, 6.07) is 7.17. The summed E-state index contributed by atoms with van der Waals surface area (Å²) < 4.78 is 11.3. The number of thiazole rings is 1. The highest BCUT2D eigenvalue weighted by Crippen LogP contribution is 2.28. The first-order chi connectivity index (χ1) is 18.8. The van der Waals surface area contributed by atoms with E-state index in [1.807, 2.05) is 44.2 Å². The summed E-state index contributed by atoms with van der Waals surface area (Å²) in [7, 11) is 0. The number of amides is 3. The van der Waals surface area contributed by atoms with Crippen molar-refractivity contribution in [2.75, 3.05) is 6.61 Å². The highest BCUT2D eigenvalue weighted by Gasteiger charge is 2.34. The smallest absolute Gasteiger partial charge is 0.273 e. The molecule has 39 heavy (non-hydrogen) atoms. The van der Waals surface area contributed by atoms with Gasteiger partial charge in [-0.25, -0.2) is 15.0 Å². The molecule has 5 rings (SSSR count). The van der Waals surface area contributed by atoms with Crippen LogP contribution in [0.25, 0.3) is 0 Å². The van der Waals surface area contributed by atoms with Crippen LogP contribution in [0.4, 0.5) is 0 Å². The lowest BCUT2D eigenvalue weighted by Gasteiger charge is -2.22. The first kappa shape index (κ1) is 26.5. The van der Waals surface area contributed by atoms with Crippen molar-refractivity contribution < 1.29 is 23.5 Å². The number of oxazole rings is 1. The number of aliphatic imine (C=N–C) groups is 1. The number of fused-ring (bicyclic) bond motifs is 5. The number of rotatable bonds is 4. The Bertz CT molecular complexity index is 1390. The molecule has 5 atom stereocenters. The Morgan fingerprint density at radius 2 is 1.82 bits per heavy atom. The van der Waals surface area contributed by atoms with Crippen molar-refractivity contribution in [1.82, 2.24) is 25.9 Å². The second-order valence-corrected chi connectivity index (χ2v) is 10.6. The molecular formula is C27H30N6O5S. The Hall–Kier alpha value is -4.06. The van der Waals surface area contributed by atoms with Crippen LogP contribution in [-0.4, -0.2) is 52.3 Å².